The first-order chi connectivity index (χ1) is 14.1. The number of hydrogen-bond acceptors (Lipinski definition) is 4. The zero-order chi connectivity index (χ0) is 22.1. The molecule has 2 amide bonds. The molecular weight excluding hydrogens is 406 g/mol. The lowest BCUT2D eigenvalue weighted by Gasteiger charge is -2.15. The molecule has 1 aromatic heterocycles. The summed E-state index contributed by atoms with van der Waals surface area (Å²) >= 11 is 0. The van der Waals surface area contributed by atoms with Crippen molar-refractivity contribution in [1.82, 2.24) is 15.0 Å². The van der Waals surface area contributed by atoms with Gasteiger partial charge >= 0.3 is 6.18 Å². The summed E-state index contributed by atoms with van der Waals surface area (Å²) in [4.78, 5) is 25.2. The molecule has 1 N–H and O–H groups in total. The van der Waals surface area contributed by atoms with E-state index in [2.05, 4.69) is 15.6 Å². The van der Waals surface area contributed by atoms with Crippen LogP contribution < -0.4 is 10.2 Å². The summed E-state index contributed by atoms with van der Waals surface area (Å²) in [6.45, 7) is 1.37. The monoisotopic (exact) mass is 421 g/mol. The van der Waals surface area contributed by atoms with Crippen molar-refractivity contribution in [2.75, 3.05) is 17.3 Å². The van der Waals surface area contributed by atoms with Crippen molar-refractivity contribution in [2.45, 2.75) is 13.1 Å². The SMILES string of the molecule is CC(=O)N(C)c1ccc(NC(=O)c2nnn(-c3ccc(F)cc3)c2C(F)(F)F)cc1. The van der Waals surface area contributed by atoms with Crippen LogP contribution in [0.4, 0.5) is 28.9 Å². The van der Waals surface area contributed by atoms with Gasteiger partial charge in [-0.3, -0.25) is 9.59 Å². The topological polar surface area (TPSA) is 80.1 Å². The van der Waals surface area contributed by atoms with Gasteiger partial charge in [0.2, 0.25) is 5.91 Å². The molecule has 2 aromatic carbocycles. The van der Waals surface area contributed by atoms with E-state index in [1.165, 1.54) is 36.1 Å². The van der Waals surface area contributed by atoms with Crippen molar-refractivity contribution in [3.8, 4) is 5.69 Å². The third-order valence-corrected chi connectivity index (χ3v) is 4.21. The highest BCUT2D eigenvalue weighted by atomic mass is 19.4. The number of halogens is 4. The third kappa shape index (κ3) is 4.29. The number of hydrogen-bond donors (Lipinski definition) is 1. The number of benzene rings is 2. The predicted octanol–water partition coefficient (Wildman–Crippen LogP) is 3.66. The van der Waals surface area contributed by atoms with Crippen molar-refractivity contribution in [3.05, 3.63) is 65.7 Å². The molecule has 0 unspecified atom stereocenters. The molecule has 0 aliphatic rings. The van der Waals surface area contributed by atoms with Gasteiger partial charge in [-0.05, 0) is 48.5 Å². The lowest BCUT2D eigenvalue weighted by molar-refractivity contribution is -0.143. The number of alkyl halides is 3. The van der Waals surface area contributed by atoms with E-state index in [0.717, 1.165) is 24.3 Å². The summed E-state index contributed by atoms with van der Waals surface area (Å²) in [5.74, 6) is -1.97. The van der Waals surface area contributed by atoms with Gasteiger partial charge in [0.05, 0.1) is 5.69 Å². The van der Waals surface area contributed by atoms with Crippen LogP contribution in [0.3, 0.4) is 0 Å². The number of anilines is 2. The van der Waals surface area contributed by atoms with Gasteiger partial charge in [-0.1, -0.05) is 5.21 Å². The summed E-state index contributed by atoms with van der Waals surface area (Å²) < 4.78 is 54.4. The van der Waals surface area contributed by atoms with Gasteiger partial charge in [-0.2, -0.15) is 13.2 Å². The van der Waals surface area contributed by atoms with Gasteiger partial charge in [0, 0.05) is 25.3 Å². The van der Waals surface area contributed by atoms with Crippen molar-refractivity contribution < 1.29 is 27.2 Å². The molecule has 0 fully saturated rings. The fraction of sp³-hybridized carbons (Fsp3) is 0.158. The Hall–Kier alpha value is -3.76. The minimum Gasteiger partial charge on any atom is -0.321 e. The van der Waals surface area contributed by atoms with Gasteiger partial charge in [-0.25, -0.2) is 9.07 Å². The summed E-state index contributed by atoms with van der Waals surface area (Å²) in [6.07, 6.45) is -4.95. The Morgan fingerprint density at radius 2 is 1.63 bits per heavy atom. The highest BCUT2D eigenvalue weighted by molar-refractivity contribution is 6.04. The lowest BCUT2D eigenvalue weighted by atomic mass is 10.2. The van der Waals surface area contributed by atoms with Gasteiger partial charge in [0.25, 0.3) is 5.91 Å². The van der Waals surface area contributed by atoms with Crippen LogP contribution in [0.5, 0.6) is 0 Å². The first-order valence-corrected chi connectivity index (χ1v) is 8.52. The Bertz CT molecular complexity index is 1080. The highest BCUT2D eigenvalue weighted by Crippen LogP contribution is 2.33. The van der Waals surface area contributed by atoms with E-state index in [1.54, 1.807) is 7.05 Å². The van der Waals surface area contributed by atoms with E-state index in [-0.39, 0.29) is 17.3 Å². The molecule has 0 saturated heterocycles. The van der Waals surface area contributed by atoms with E-state index >= 15 is 0 Å². The molecular formula is C19H15F4N5O2. The van der Waals surface area contributed by atoms with E-state index in [1.807, 2.05) is 0 Å². The summed E-state index contributed by atoms with van der Waals surface area (Å²) in [5.41, 5.74) is -1.69. The van der Waals surface area contributed by atoms with Gasteiger partial charge in [0.1, 0.15) is 5.82 Å². The van der Waals surface area contributed by atoms with Crippen molar-refractivity contribution in [2.24, 2.45) is 0 Å². The number of aromatic nitrogens is 3. The first kappa shape index (κ1) is 21.0. The highest BCUT2D eigenvalue weighted by Gasteiger charge is 2.42. The molecule has 3 rings (SSSR count). The van der Waals surface area contributed by atoms with Crippen molar-refractivity contribution >= 4 is 23.2 Å². The molecule has 0 aliphatic carbocycles. The Morgan fingerprint density at radius 1 is 1.03 bits per heavy atom. The van der Waals surface area contributed by atoms with Crippen molar-refractivity contribution in [1.29, 1.82) is 0 Å². The Balaban J connectivity index is 1.91. The molecule has 0 aliphatic heterocycles. The van der Waals surface area contributed by atoms with Crippen LogP contribution in [0.25, 0.3) is 5.69 Å². The average Bonchev–Trinajstić information content (AvgIpc) is 3.14. The van der Waals surface area contributed by atoms with Crippen LogP contribution in [0, 0.1) is 5.82 Å². The zero-order valence-corrected chi connectivity index (χ0v) is 15.7. The quantitative estimate of drug-likeness (QED) is 0.652. The Morgan fingerprint density at radius 3 is 2.17 bits per heavy atom. The molecule has 0 atom stereocenters. The standard InChI is InChI=1S/C19H15F4N5O2/c1-11(29)27(2)14-9-5-13(6-10-14)24-18(30)16-17(19(21,22)23)28(26-25-16)15-7-3-12(20)4-8-15/h3-10H,1-2H3,(H,24,30). The van der Waals surface area contributed by atoms with Crippen LogP contribution in [-0.4, -0.2) is 33.9 Å². The Kier molecular flexibility index (Phi) is 5.54. The second kappa shape index (κ2) is 7.93. The number of rotatable bonds is 4. The molecule has 0 spiro atoms. The van der Waals surface area contributed by atoms with Crippen LogP contribution in [-0.2, 0) is 11.0 Å². The molecule has 11 heteroatoms. The largest absolute Gasteiger partial charge is 0.435 e. The van der Waals surface area contributed by atoms with Crippen LogP contribution in [0.2, 0.25) is 0 Å². The Labute approximate surface area is 167 Å². The minimum atomic E-state index is -4.95. The summed E-state index contributed by atoms with van der Waals surface area (Å²) in [6, 6.07) is 10.0. The second-order valence-electron chi connectivity index (χ2n) is 6.25. The van der Waals surface area contributed by atoms with E-state index in [0.29, 0.717) is 10.4 Å². The second-order valence-corrected chi connectivity index (χ2v) is 6.25. The number of nitrogens with zero attached hydrogens (tertiary/aromatic N) is 4. The summed E-state index contributed by atoms with van der Waals surface area (Å²) in [5, 5.41) is 9.12. The fourth-order valence-corrected chi connectivity index (χ4v) is 2.59. The minimum absolute atomic E-state index is 0.105. The molecule has 30 heavy (non-hydrogen) atoms. The van der Waals surface area contributed by atoms with Crippen LogP contribution in [0.15, 0.2) is 48.5 Å². The van der Waals surface area contributed by atoms with Gasteiger partial charge < -0.3 is 10.2 Å². The molecule has 156 valence electrons. The fourth-order valence-electron chi connectivity index (χ4n) is 2.59. The first-order valence-electron chi connectivity index (χ1n) is 8.52. The molecule has 0 bridgehead atoms. The zero-order valence-electron chi connectivity index (χ0n) is 15.7. The van der Waals surface area contributed by atoms with Crippen LogP contribution >= 0.6 is 0 Å². The smallest absolute Gasteiger partial charge is 0.321 e. The number of carbonyl (C=O) groups excluding carboxylic acids is 2. The normalized spacial score (nSPS) is 11.3. The maximum atomic E-state index is 13.6. The number of amides is 2. The molecule has 3 aromatic rings. The van der Waals surface area contributed by atoms with E-state index in [9.17, 15) is 27.2 Å². The predicted molar refractivity (Wildman–Crippen MR) is 99.8 cm³/mol. The maximum absolute atomic E-state index is 13.6. The van der Waals surface area contributed by atoms with Gasteiger partial charge in [-0.15, -0.1) is 5.10 Å². The van der Waals surface area contributed by atoms with Crippen LogP contribution in [0.1, 0.15) is 23.1 Å². The maximum Gasteiger partial charge on any atom is 0.435 e. The van der Waals surface area contributed by atoms with Crippen molar-refractivity contribution in [3.63, 3.8) is 0 Å². The molecule has 1 heterocycles. The number of nitrogens with one attached hydrogen (secondary N) is 1. The van der Waals surface area contributed by atoms with Gasteiger partial charge in [0.15, 0.2) is 11.4 Å². The van der Waals surface area contributed by atoms with E-state index in [4.69, 9.17) is 0 Å². The third-order valence-electron chi connectivity index (χ3n) is 4.21. The average molecular weight is 421 g/mol. The molecule has 0 saturated carbocycles. The lowest BCUT2D eigenvalue weighted by Crippen LogP contribution is -2.23. The molecule has 7 nitrogen and oxygen atoms in total. The molecule has 0 radical (unpaired) electrons. The van der Waals surface area contributed by atoms with E-state index < -0.39 is 29.3 Å². The summed E-state index contributed by atoms with van der Waals surface area (Å²) in [7, 11) is 1.55. The number of carbonyl (C=O) groups is 2.